The minimum Gasteiger partial charge on any atom is -0.363 e. The van der Waals surface area contributed by atoms with Crippen molar-refractivity contribution in [3.8, 4) is 0 Å². The van der Waals surface area contributed by atoms with E-state index in [0.29, 0.717) is 25.6 Å². The molecule has 1 amide bonds. The Labute approximate surface area is 126 Å². The number of morpholine rings is 1. The lowest BCUT2D eigenvalue weighted by molar-refractivity contribution is -0.160. The molecule has 2 fully saturated rings. The number of ether oxygens (including phenoxy) is 1. The fraction of sp³-hybridized carbons (Fsp3) is 0.588. The average Bonchev–Trinajstić information content (AvgIpc) is 3.32. The highest BCUT2D eigenvalue weighted by atomic mass is 16.5. The lowest BCUT2D eigenvalue weighted by atomic mass is 10.0. The van der Waals surface area contributed by atoms with Crippen LogP contribution in [0.4, 0.5) is 0 Å². The van der Waals surface area contributed by atoms with Crippen LogP contribution in [0.5, 0.6) is 0 Å². The largest absolute Gasteiger partial charge is 0.363 e. The molecule has 0 bridgehead atoms. The Bertz CT molecular complexity index is 479. The number of nitrogens with one attached hydrogen (secondary N) is 1. The van der Waals surface area contributed by atoms with E-state index in [-0.39, 0.29) is 5.91 Å². The van der Waals surface area contributed by atoms with Gasteiger partial charge in [-0.05, 0) is 31.2 Å². The summed E-state index contributed by atoms with van der Waals surface area (Å²) >= 11 is 0. The van der Waals surface area contributed by atoms with Crippen molar-refractivity contribution in [2.45, 2.75) is 31.9 Å². The Balaban J connectivity index is 1.72. The van der Waals surface area contributed by atoms with E-state index in [9.17, 15) is 4.79 Å². The third-order valence-corrected chi connectivity index (χ3v) is 4.29. The number of hydrogen-bond acceptors (Lipinski definition) is 3. The van der Waals surface area contributed by atoms with Crippen LogP contribution in [-0.2, 0) is 16.1 Å². The zero-order valence-corrected chi connectivity index (χ0v) is 12.7. The van der Waals surface area contributed by atoms with Crippen LogP contribution in [0.2, 0.25) is 0 Å². The van der Waals surface area contributed by atoms with Crippen LogP contribution in [0.3, 0.4) is 0 Å². The maximum absolute atomic E-state index is 12.9. The van der Waals surface area contributed by atoms with E-state index in [1.165, 1.54) is 18.4 Å². The molecule has 0 radical (unpaired) electrons. The Morgan fingerprint density at radius 1 is 1.38 bits per heavy atom. The van der Waals surface area contributed by atoms with Gasteiger partial charge in [0.15, 0.2) is 5.60 Å². The smallest absolute Gasteiger partial charge is 0.256 e. The van der Waals surface area contributed by atoms with Gasteiger partial charge in [0.05, 0.1) is 6.61 Å². The molecule has 3 rings (SSSR count). The van der Waals surface area contributed by atoms with Gasteiger partial charge < -0.3 is 15.0 Å². The predicted molar refractivity (Wildman–Crippen MR) is 81.8 cm³/mol. The molecule has 21 heavy (non-hydrogen) atoms. The molecule has 1 aliphatic heterocycles. The van der Waals surface area contributed by atoms with Crippen molar-refractivity contribution in [3.05, 3.63) is 35.9 Å². The fourth-order valence-corrected chi connectivity index (χ4v) is 2.83. The third-order valence-electron chi connectivity index (χ3n) is 4.29. The Hall–Kier alpha value is -1.39. The normalized spacial score (nSPS) is 25.6. The summed E-state index contributed by atoms with van der Waals surface area (Å²) in [4.78, 5) is 14.9. The van der Waals surface area contributed by atoms with Crippen LogP contribution in [-0.4, -0.2) is 42.6 Å². The highest BCUT2D eigenvalue weighted by Gasteiger charge is 2.40. The number of amides is 1. The second kappa shape index (κ2) is 6.16. The molecule has 1 aromatic rings. The lowest BCUT2D eigenvalue weighted by Gasteiger charge is -2.37. The minimum atomic E-state index is -0.720. The summed E-state index contributed by atoms with van der Waals surface area (Å²) in [6.07, 6.45) is 2.49. The summed E-state index contributed by atoms with van der Waals surface area (Å²) in [5.41, 5.74) is 0.459. The second-order valence-electron chi connectivity index (χ2n) is 6.37. The van der Waals surface area contributed by atoms with Crippen molar-refractivity contribution in [1.29, 1.82) is 0 Å². The van der Waals surface area contributed by atoms with Crippen molar-refractivity contribution in [1.82, 2.24) is 10.2 Å². The molecule has 0 aromatic heterocycles. The number of benzene rings is 1. The van der Waals surface area contributed by atoms with E-state index < -0.39 is 5.60 Å². The van der Waals surface area contributed by atoms with Crippen LogP contribution in [0.15, 0.2) is 30.3 Å². The summed E-state index contributed by atoms with van der Waals surface area (Å²) < 4.78 is 5.79. The van der Waals surface area contributed by atoms with Crippen molar-refractivity contribution in [2.24, 2.45) is 5.92 Å². The van der Waals surface area contributed by atoms with E-state index in [0.717, 1.165) is 13.1 Å². The zero-order valence-electron chi connectivity index (χ0n) is 12.7. The maximum atomic E-state index is 12.9. The first-order valence-electron chi connectivity index (χ1n) is 7.85. The quantitative estimate of drug-likeness (QED) is 0.898. The molecule has 1 heterocycles. The molecule has 0 unspecified atom stereocenters. The van der Waals surface area contributed by atoms with Crippen LogP contribution < -0.4 is 5.32 Å². The second-order valence-corrected chi connectivity index (χ2v) is 6.37. The van der Waals surface area contributed by atoms with Crippen LogP contribution in [0, 0.1) is 5.92 Å². The van der Waals surface area contributed by atoms with Gasteiger partial charge >= 0.3 is 0 Å². The molecule has 1 N–H and O–H groups in total. The number of rotatable bonds is 5. The third kappa shape index (κ3) is 3.63. The number of hydrogen-bond donors (Lipinski definition) is 1. The van der Waals surface area contributed by atoms with Gasteiger partial charge in [0.2, 0.25) is 0 Å². The molecule has 1 aliphatic carbocycles. The summed E-state index contributed by atoms with van der Waals surface area (Å²) in [6.45, 7) is 5.46. The molecule has 1 atom stereocenters. The van der Waals surface area contributed by atoms with Gasteiger partial charge in [-0.2, -0.15) is 0 Å². The fourth-order valence-electron chi connectivity index (χ4n) is 2.83. The van der Waals surface area contributed by atoms with Crippen LogP contribution in [0.1, 0.15) is 25.3 Å². The van der Waals surface area contributed by atoms with Gasteiger partial charge in [0.25, 0.3) is 5.91 Å². The monoisotopic (exact) mass is 288 g/mol. The first kappa shape index (κ1) is 14.5. The standard InChI is InChI=1S/C17H24N2O2/c1-17(13-18-9-10-21-17)16(20)19(12-15-7-8-15)11-14-5-3-2-4-6-14/h2-6,15,18H,7-13H2,1H3/t17-/m1/s1. The van der Waals surface area contributed by atoms with E-state index >= 15 is 0 Å². The highest BCUT2D eigenvalue weighted by Crippen LogP contribution is 2.31. The summed E-state index contributed by atoms with van der Waals surface area (Å²) in [6, 6.07) is 10.2. The van der Waals surface area contributed by atoms with E-state index in [1.54, 1.807) is 0 Å². The van der Waals surface area contributed by atoms with Gasteiger partial charge in [-0.3, -0.25) is 4.79 Å². The Kier molecular flexibility index (Phi) is 4.27. The van der Waals surface area contributed by atoms with E-state index in [2.05, 4.69) is 17.4 Å². The molecule has 114 valence electrons. The van der Waals surface area contributed by atoms with Gasteiger partial charge in [-0.25, -0.2) is 0 Å². The molecule has 0 spiro atoms. The molecule has 1 saturated carbocycles. The van der Waals surface area contributed by atoms with Crippen LogP contribution in [0.25, 0.3) is 0 Å². The van der Waals surface area contributed by atoms with Crippen molar-refractivity contribution in [2.75, 3.05) is 26.2 Å². The Morgan fingerprint density at radius 2 is 2.14 bits per heavy atom. The minimum absolute atomic E-state index is 0.116. The summed E-state index contributed by atoms with van der Waals surface area (Å²) in [5, 5.41) is 3.27. The van der Waals surface area contributed by atoms with E-state index in [1.807, 2.05) is 30.0 Å². The first-order valence-corrected chi connectivity index (χ1v) is 7.85. The SMILES string of the molecule is C[C@]1(C(=O)N(Cc2ccccc2)CC2CC2)CNCCO1. The molecule has 2 aliphatic rings. The highest BCUT2D eigenvalue weighted by molar-refractivity contribution is 5.85. The zero-order chi connectivity index (χ0) is 14.7. The van der Waals surface area contributed by atoms with Crippen molar-refractivity contribution < 1.29 is 9.53 Å². The average molecular weight is 288 g/mol. The molecule has 1 aromatic carbocycles. The summed E-state index contributed by atoms with van der Waals surface area (Å²) in [7, 11) is 0. The summed E-state index contributed by atoms with van der Waals surface area (Å²) in [5.74, 6) is 0.795. The first-order chi connectivity index (χ1) is 10.2. The van der Waals surface area contributed by atoms with Crippen molar-refractivity contribution >= 4 is 5.91 Å². The molecule has 1 saturated heterocycles. The van der Waals surface area contributed by atoms with Crippen molar-refractivity contribution in [3.63, 3.8) is 0 Å². The van der Waals surface area contributed by atoms with Gasteiger partial charge in [-0.15, -0.1) is 0 Å². The predicted octanol–water partition coefficient (Wildman–Crippen LogP) is 1.80. The van der Waals surface area contributed by atoms with E-state index in [4.69, 9.17) is 4.74 Å². The number of carbonyl (C=O) groups is 1. The number of carbonyl (C=O) groups excluding carboxylic acids is 1. The molecule has 4 nitrogen and oxygen atoms in total. The number of nitrogens with zero attached hydrogens (tertiary/aromatic N) is 1. The topological polar surface area (TPSA) is 41.6 Å². The maximum Gasteiger partial charge on any atom is 0.256 e. The molecular formula is C17H24N2O2. The van der Waals surface area contributed by atoms with Crippen LogP contribution >= 0.6 is 0 Å². The Morgan fingerprint density at radius 3 is 2.76 bits per heavy atom. The van der Waals surface area contributed by atoms with Gasteiger partial charge in [0, 0.05) is 26.2 Å². The molecule has 4 heteroatoms. The van der Waals surface area contributed by atoms with Gasteiger partial charge in [0.1, 0.15) is 0 Å². The lowest BCUT2D eigenvalue weighted by Crippen LogP contribution is -2.58. The molecular weight excluding hydrogens is 264 g/mol. The van der Waals surface area contributed by atoms with Gasteiger partial charge in [-0.1, -0.05) is 30.3 Å².